The van der Waals surface area contributed by atoms with Crippen LogP contribution in [0.4, 0.5) is 0 Å². The van der Waals surface area contributed by atoms with Crippen LogP contribution in [-0.4, -0.2) is 76.7 Å². The second-order valence-electron chi connectivity index (χ2n) is 17.7. The fraction of sp³-hybridized carbons (Fsp3) is 0.460. The van der Waals surface area contributed by atoms with Crippen molar-refractivity contribution in [3.05, 3.63) is 119 Å². The van der Waals surface area contributed by atoms with Crippen molar-refractivity contribution in [3.8, 4) is 0 Å². The standard InChI is InChI=1S/C50H67N3O9S/c1-31(17-13-19-33(3)21-23-37-35(5)45(57)41(54)27-49(37,7)8)15-11-12-16-32(2)18-14-20-34(4)22-24-38-36(6)46(58)42(28-50(38,9)10)62-44(56)29-52-47(59)40(30-63)53-43(55)26-25-39(51)48(60)61/h11-24,35,37,39-40,42,63H,25-30,51H2,1-10H3,(H,52,59)(H,53,55)(H,60,61)/b12-11+,17-13+,18-14+,23-21?,24-22?,31-15+,32-16+,33-19+,34-20+. The summed E-state index contributed by atoms with van der Waals surface area (Å²) in [6.07, 6.45) is 27.0. The van der Waals surface area contributed by atoms with E-state index in [0.717, 1.165) is 27.9 Å². The number of Topliss-reactive ketones (excluding diaryl/α,β-unsaturated/α-hetero) is 3. The molecule has 2 aliphatic carbocycles. The summed E-state index contributed by atoms with van der Waals surface area (Å²) in [4.78, 5) is 86.0. The SMILES string of the molecule is CC1=C(C=C/C(C)=C/C=C/C(C)=C/C=C/C=C(C)/C=C/C=C(\C)C=CC2C(C)C(=O)C(=O)CC2(C)C)C(C)(C)CC(OC(=O)CNC(=O)C(CS)NC(=O)CCC(N)C(=O)O)C1=O. The van der Waals surface area contributed by atoms with E-state index in [1.54, 1.807) is 6.92 Å². The van der Waals surface area contributed by atoms with Gasteiger partial charge in [-0.3, -0.25) is 33.6 Å². The molecule has 2 rings (SSSR count). The van der Waals surface area contributed by atoms with E-state index in [4.69, 9.17) is 15.6 Å². The van der Waals surface area contributed by atoms with Gasteiger partial charge in [0.25, 0.3) is 0 Å². The number of carbonyl (C=O) groups is 7. The fourth-order valence-electron chi connectivity index (χ4n) is 7.30. The molecule has 0 saturated heterocycles. The summed E-state index contributed by atoms with van der Waals surface area (Å²) >= 11 is 4.08. The number of hydrogen-bond donors (Lipinski definition) is 5. The lowest BCUT2D eigenvalue weighted by Crippen LogP contribution is -2.49. The molecule has 342 valence electrons. The summed E-state index contributed by atoms with van der Waals surface area (Å²) in [5.41, 5.74) is 10.1. The monoisotopic (exact) mass is 885 g/mol. The number of aliphatic carboxylic acids is 1. The molecule has 63 heavy (non-hydrogen) atoms. The third-order valence-corrected chi connectivity index (χ3v) is 11.5. The number of nitrogens with one attached hydrogen (secondary N) is 2. The molecule has 0 radical (unpaired) electrons. The van der Waals surface area contributed by atoms with Crippen LogP contribution in [0.25, 0.3) is 0 Å². The third kappa shape index (κ3) is 17.7. The first kappa shape index (κ1) is 53.7. The topological polar surface area (TPSA) is 199 Å². The molecule has 2 aliphatic rings. The zero-order chi connectivity index (χ0) is 47.7. The Morgan fingerprint density at radius 1 is 0.857 bits per heavy atom. The number of thiol groups is 1. The predicted octanol–water partition coefficient (Wildman–Crippen LogP) is 7.32. The van der Waals surface area contributed by atoms with Crippen LogP contribution in [0.1, 0.15) is 94.9 Å². The van der Waals surface area contributed by atoms with Crippen molar-refractivity contribution in [1.29, 1.82) is 0 Å². The minimum absolute atomic E-state index is 0.00873. The molecule has 13 heteroatoms. The van der Waals surface area contributed by atoms with Gasteiger partial charge in [-0.1, -0.05) is 142 Å². The normalized spacial score (nSPS) is 22.5. The molecule has 0 aromatic rings. The summed E-state index contributed by atoms with van der Waals surface area (Å²) in [7, 11) is 0. The molecule has 5 atom stereocenters. The van der Waals surface area contributed by atoms with E-state index in [1.165, 1.54) is 0 Å². The first-order valence-corrected chi connectivity index (χ1v) is 21.8. The van der Waals surface area contributed by atoms with Gasteiger partial charge >= 0.3 is 11.9 Å². The number of esters is 1. The Bertz CT molecular complexity index is 2070. The first-order valence-electron chi connectivity index (χ1n) is 21.2. The Hall–Kier alpha value is -5.40. The van der Waals surface area contributed by atoms with Gasteiger partial charge in [-0.25, -0.2) is 0 Å². The first-order chi connectivity index (χ1) is 29.4. The maximum absolute atomic E-state index is 13.3. The number of hydrogen-bond acceptors (Lipinski definition) is 10. The second-order valence-corrected chi connectivity index (χ2v) is 18.0. The minimum Gasteiger partial charge on any atom is -0.480 e. The van der Waals surface area contributed by atoms with E-state index in [9.17, 15) is 33.6 Å². The molecule has 0 aliphatic heterocycles. The smallest absolute Gasteiger partial charge is 0.326 e. The van der Waals surface area contributed by atoms with E-state index in [1.807, 2.05) is 141 Å². The summed E-state index contributed by atoms with van der Waals surface area (Å²) in [6, 6.07) is -2.30. The number of allylic oxidation sites excluding steroid dienone is 19. The summed E-state index contributed by atoms with van der Waals surface area (Å²) < 4.78 is 5.50. The van der Waals surface area contributed by atoms with E-state index >= 15 is 0 Å². The lowest BCUT2D eigenvalue weighted by molar-refractivity contribution is -0.155. The zero-order valence-electron chi connectivity index (χ0n) is 38.5. The Morgan fingerprint density at radius 3 is 1.95 bits per heavy atom. The van der Waals surface area contributed by atoms with Crippen LogP contribution in [0.3, 0.4) is 0 Å². The van der Waals surface area contributed by atoms with Crippen LogP contribution in [0.5, 0.6) is 0 Å². The highest BCUT2D eigenvalue weighted by Crippen LogP contribution is 2.42. The highest BCUT2D eigenvalue weighted by Gasteiger charge is 2.44. The molecule has 12 nitrogen and oxygen atoms in total. The number of rotatable bonds is 20. The van der Waals surface area contributed by atoms with Gasteiger partial charge in [0.2, 0.25) is 17.6 Å². The van der Waals surface area contributed by atoms with Crippen molar-refractivity contribution in [2.45, 2.75) is 113 Å². The molecule has 0 bridgehead atoms. The second kappa shape index (κ2) is 25.0. The van der Waals surface area contributed by atoms with Crippen LogP contribution in [0, 0.1) is 22.7 Å². The van der Waals surface area contributed by atoms with Crippen LogP contribution >= 0.6 is 12.6 Å². The molecule has 2 amide bonds. The van der Waals surface area contributed by atoms with Gasteiger partial charge in [0.15, 0.2) is 17.7 Å². The Morgan fingerprint density at radius 2 is 1.40 bits per heavy atom. The molecule has 1 fully saturated rings. The zero-order valence-corrected chi connectivity index (χ0v) is 39.3. The number of carbonyl (C=O) groups excluding carboxylic acids is 6. The molecule has 0 aromatic heterocycles. The third-order valence-electron chi connectivity index (χ3n) is 11.1. The molecule has 1 saturated carbocycles. The number of ketones is 3. The largest absolute Gasteiger partial charge is 0.480 e. The number of amides is 2. The average Bonchev–Trinajstić information content (AvgIpc) is 3.20. The minimum atomic E-state index is -1.24. The maximum atomic E-state index is 13.3. The van der Waals surface area contributed by atoms with Crippen LogP contribution in [-0.2, 0) is 38.3 Å². The van der Waals surface area contributed by atoms with E-state index < -0.39 is 53.9 Å². The van der Waals surface area contributed by atoms with Crippen molar-refractivity contribution < 1.29 is 43.4 Å². The summed E-state index contributed by atoms with van der Waals surface area (Å²) in [6.45, 7) is 19.0. The average molecular weight is 886 g/mol. The summed E-state index contributed by atoms with van der Waals surface area (Å²) in [5.74, 6) is -4.59. The van der Waals surface area contributed by atoms with Crippen LogP contribution in [0.2, 0.25) is 0 Å². The molecular weight excluding hydrogens is 819 g/mol. The molecular formula is C50H67N3O9S. The van der Waals surface area contributed by atoms with Gasteiger partial charge in [-0.05, 0) is 68.9 Å². The summed E-state index contributed by atoms with van der Waals surface area (Å²) in [5, 5.41) is 13.7. The molecule has 5 unspecified atom stereocenters. The number of ether oxygens (including phenoxy) is 1. The Kier molecular flexibility index (Phi) is 21.4. The quantitative estimate of drug-likeness (QED) is 0.0357. The molecule has 0 aromatic carbocycles. The van der Waals surface area contributed by atoms with E-state index in [-0.39, 0.29) is 66.0 Å². The van der Waals surface area contributed by atoms with Gasteiger partial charge in [0, 0.05) is 30.9 Å². The van der Waals surface area contributed by atoms with Crippen molar-refractivity contribution >= 4 is 53.7 Å². The van der Waals surface area contributed by atoms with E-state index in [2.05, 4.69) is 29.3 Å². The Balaban J connectivity index is 1.93. The van der Waals surface area contributed by atoms with Crippen LogP contribution < -0.4 is 16.4 Å². The van der Waals surface area contributed by atoms with Crippen LogP contribution in [0.15, 0.2) is 119 Å². The van der Waals surface area contributed by atoms with Gasteiger partial charge in [-0.15, -0.1) is 0 Å². The van der Waals surface area contributed by atoms with Gasteiger partial charge in [0.1, 0.15) is 18.6 Å². The number of carboxylic acids is 1. The molecule has 0 spiro atoms. The number of carboxylic acid groups (broad SMARTS) is 1. The van der Waals surface area contributed by atoms with Gasteiger partial charge < -0.3 is 26.2 Å². The molecule has 0 heterocycles. The lowest BCUT2D eigenvalue weighted by atomic mass is 9.63. The van der Waals surface area contributed by atoms with Crippen molar-refractivity contribution in [1.82, 2.24) is 10.6 Å². The Labute approximate surface area is 378 Å². The maximum Gasteiger partial charge on any atom is 0.326 e. The fourth-order valence-corrected chi connectivity index (χ4v) is 7.55. The van der Waals surface area contributed by atoms with Gasteiger partial charge in [0.05, 0.1) is 0 Å². The van der Waals surface area contributed by atoms with E-state index in [0.29, 0.717) is 5.57 Å². The highest BCUT2D eigenvalue weighted by molar-refractivity contribution is 7.80. The van der Waals surface area contributed by atoms with Crippen molar-refractivity contribution in [3.63, 3.8) is 0 Å². The lowest BCUT2D eigenvalue weighted by Gasteiger charge is -2.39. The number of nitrogens with two attached hydrogens (primary N) is 1. The highest BCUT2D eigenvalue weighted by atomic mass is 32.1. The molecule has 5 N–H and O–H groups in total. The van der Waals surface area contributed by atoms with Gasteiger partial charge in [-0.2, -0.15) is 12.6 Å². The van der Waals surface area contributed by atoms with Crippen molar-refractivity contribution in [2.75, 3.05) is 12.3 Å². The predicted molar refractivity (Wildman–Crippen MR) is 251 cm³/mol. The van der Waals surface area contributed by atoms with Crippen molar-refractivity contribution in [2.24, 2.45) is 28.4 Å².